The number of hydrogen-bond acceptors (Lipinski definition) is 4. The van der Waals surface area contributed by atoms with Gasteiger partial charge in [0.2, 0.25) is 0 Å². The van der Waals surface area contributed by atoms with Gasteiger partial charge in [0.25, 0.3) is 0 Å². The number of carboxylic acids is 1. The monoisotopic (exact) mass is 268 g/mol. The van der Waals surface area contributed by atoms with Crippen molar-refractivity contribution in [2.75, 3.05) is 5.32 Å². The lowest BCUT2D eigenvalue weighted by molar-refractivity contribution is -0.136. The zero-order valence-corrected chi connectivity index (χ0v) is 11.5. The average Bonchev–Trinajstić information content (AvgIpc) is 2.74. The summed E-state index contributed by atoms with van der Waals surface area (Å²) in [4.78, 5) is 14.9. The van der Waals surface area contributed by atoms with Crippen LogP contribution in [-0.4, -0.2) is 22.1 Å². The molecule has 1 aromatic heterocycles. The standard InChI is InChI=1S/C13H20N2O2S/c1-9-3-2-4-10(7-9)14-13-15-11(8-18-13)5-6-12(16)17/h8-10H,2-7H2,1H3,(H,14,15)(H,16,17). The van der Waals surface area contributed by atoms with Gasteiger partial charge >= 0.3 is 5.97 Å². The SMILES string of the molecule is CC1CCCC(Nc2nc(CCC(=O)O)cs2)C1. The molecular weight excluding hydrogens is 248 g/mol. The highest BCUT2D eigenvalue weighted by atomic mass is 32.1. The van der Waals surface area contributed by atoms with Crippen molar-refractivity contribution < 1.29 is 9.90 Å². The summed E-state index contributed by atoms with van der Waals surface area (Å²) in [5.41, 5.74) is 0.883. The molecule has 2 rings (SSSR count). The Hall–Kier alpha value is -1.10. The fourth-order valence-corrected chi connectivity index (χ4v) is 3.29. The minimum Gasteiger partial charge on any atom is -0.481 e. The molecule has 18 heavy (non-hydrogen) atoms. The molecule has 100 valence electrons. The number of nitrogens with zero attached hydrogens (tertiary/aromatic N) is 1. The second-order valence-electron chi connectivity index (χ2n) is 5.15. The number of hydrogen-bond donors (Lipinski definition) is 2. The molecule has 0 amide bonds. The number of nitrogens with one attached hydrogen (secondary N) is 1. The number of rotatable bonds is 5. The lowest BCUT2D eigenvalue weighted by Gasteiger charge is -2.27. The van der Waals surface area contributed by atoms with Gasteiger partial charge < -0.3 is 10.4 Å². The first-order valence-electron chi connectivity index (χ1n) is 6.56. The quantitative estimate of drug-likeness (QED) is 0.861. The van der Waals surface area contributed by atoms with E-state index in [1.807, 2.05) is 5.38 Å². The number of aryl methyl sites for hydroxylation is 1. The smallest absolute Gasteiger partial charge is 0.303 e. The van der Waals surface area contributed by atoms with Crippen molar-refractivity contribution >= 4 is 22.4 Å². The van der Waals surface area contributed by atoms with Gasteiger partial charge in [0, 0.05) is 17.8 Å². The summed E-state index contributed by atoms with van der Waals surface area (Å²) in [5.74, 6) is 0.0290. The molecule has 1 aromatic rings. The number of aliphatic carboxylic acids is 1. The molecule has 2 unspecified atom stereocenters. The third kappa shape index (κ3) is 3.98. The molecule has 0 aromatic carbocycles. The first kappa shape index (κ1) is 13.3. The fraction of sp³-hybridized carbons (Fsp3) is 0.692. The van der Waals surface area contributed by atoms with Gasteiger partial charge in [-0.05, 0) is 18.8 Å². The molecule has 0 radical (unpaired) electrons. The Balaban J connectivity index is 1.84. The largest absolute Gasteiger partial charge is 0.481 e. The molecule has 1 heterocycles. The summed E-state index contributed by atoms with van der Waals surface area (Å²) in [7, 11) is 0. The Labute approximate surface area is 111 Å². The van der Waals surface area contributed by atoms with Gasteiger partial charge in [0.1, 0.15) is 0 Å². The number of thiazole rings is 1. The van der Waals surface area contributed by atoms with Crippen molar-refractivity contribution in [2.24, 2.45) is 5.92 Å². The van der Waals surface area contributed by atoms with E-state index in [0.29, 0.717) is 12.5 Å². The van der Waals surface area contributed by atoms with Gasteiger partial charge in [-0.1, -0.05) is 19.8 Å². The van der Waals surface area contributed by atoms with Crippen LogP contribution in [0.2, 0.25) is 0 Å². The van der Waals surface area contributed by atoms with E-state index < -0.39 is 5.97 Å². The summed E-state index contributed by atoms with van der Waals surface area (Å²) in [6.45, 7) is 2.30. The summed E-state index contributed by atoms with van der Waals surface area (Å²) < 4.78 is 0. The van der Waals surface area contributed by atoms with Crippen LogP contribution in [0.15, 0.2) is 5.38 Å². The molecule has 5 heteroatoms. The second-order valence-corrected chi connectivity index (χ2v) is 6.01. The number of anilines is 1. The molecule has 0 aliphatic heterocycles. The molecule has 1 fully saturated rings. The Morgan fingerprint density at radius 2 is 2.44 bits per heavy atom. The Morgan fingerprint density at radius 3 is 3.17 bits per heavy atom. The molecule has 1 aliphatic rings. The number of carbonyl (C=O) groups is 1. The summed E-state index contributed by atoms with van der Waals surface area (Å²) in [6.07, 6.45) is 5.73. The van der Waals surface area contributed by atoms with Crippen LogP contribution >= 0.6 is 11.3 Å². The van der Waals surface area contributed by atoms with Gasteiger partial charge in [-0.25, -0.2) is 4.98 Å². The van der Waals surface area contributed by atoms with E-state index in [-0.39, 0.29) is 6.42 Å². The highest BCUT2D eigenvalue weighted by Crippen LogP contribution is 2.27. The van der Waals surface area contributed by atoms with Gasteiger partial charge in [-0.3, -0.25) is 4.79 Å². The van der Waals surface area contributed by atoms with Crippen molar-refractivity contribution in [1.29, 1.82) is 0 Å². The predicted molar refractivity (Wildman–Crippen MR) is 73.1 cm³/mol. The van der Waals surface area contributed by atoms with E-state index in [9.17, 15) is 4.79 Å². The molecule has 2 atom stereocenters. The van der Waals surface area contributed by atoms with E-state index >= 15 is 0 Å². The predicted octanol–water partition coefficient (Wildman–Crippen LogP) is 3.15. The van der Waals surface area contributed by atoms with E-state index in [1.54, 1.807) is 11.3 Å². The highest BCUT2D eigenvalue weighted by Gasteiger charge is 2.19. The van der Waals surface area contributed by atoms with Crippen molar-refractivity contribution in [2.45, 2.75) is 51.5 Å². The summed E-state index contributed by atoms with van der Waals surface area (Å²) in [5, 5.41) is 15.0. The van der Waals surface area contributed by atoms with Crippen LogP contribution in [0.1, 0.15) is 44.7 Å². The molecule has 0 saturated heterocycles. The van der Waals surface area contributed by atoms with Crippen LogP contribution in [0.25, 0.3) is 0 Å². The zero-order valence-electron chi connectivity index (χ0n) is 10.7. The van der Waals surface area contributed by atoms with Gasteiger partial charge in [0.15, 0.2) is 5.13 Å². The lowest BCUT2D eigenvalue weighted by atomic mass is 9.87. The van der Waals surface area contributed by atoms with Crippen LogP contribution < -0.4 is 5.32 Å². The molecule has 2 N–H and O–H groups in total. The van der Waals surface area contributed by atoms with Crippen molar-refractivity contribution in [1.82, 2.24) is 4.98 Å². The fourth-order valence-electron chi connectivity index (χ4n) is 2.46. The maximum atomic E-state index is 10.5. The first-order valence-corrected chi connectivity index (χ1v) is 7.44. The first-order chi connectivity index (χ1) is 8.63. The molecule has 4 nitrogen and oxygen atoms in total. The third-order valence-electron chi connectivity index (χ3n) is 3.41. The third-order valence-corrected chi connectivity index (χ3v) is 4.23. The average molecular weight is 268 g/mol. The highest BCUT2D eigenvalue weighted by molar-refractivity contribution is 7.13. The Kier molecular flexibility index (Phi) is 4.58. The van der Waals surface area contributed by atoms with Crippen LogP contribution in [0.5, 0.6) is 0 Å². The van der Waals surface area contributed by atoms with E-state index in [0.717, 1.165) is 16.7 Å². The minimum atomic E-state index is -0.765. The van der Waals surface area contributed by atoms with Crippen LogP contribution in [0.3, 0.4) is 0 Å². The van der Waals surface area contributed by atoms with Crippen LogP contribution in [0.4, 0.5) is 5.13 Å². The van der Waals surface area contributed by atoms with Crippen molar-refractivity contribution in [3.63, 3.8) is 0 Å². The molecule has 1 saturated carbocycles. The normalized spacial score (nSPS) is 23.8. The Bertz CT molecular complexity index is 405. The van der Waals surface area contributed by atoms with Crippen LogP contribution in [-0.2, 0) is 11.2 Å². The van der Waals surface area contributed by atoms with Crippen LogP contribution in [0, 0.1) is 5.92 Å². The topological polar surface area (TPSA) is 62.2 Å². The summed E-state index contributed by atoms with van der Waals surface area (Å²) in [6, 6.07) is 0.534. The van der Waals surface area contributed by atoms with E-state index in [1.165, 1.54) is 25.7 Å². The van der Waals surface area contributed by atoms with Gasteiger partial charge in [-0.15, -0.1) is 11.3 Å². The molecule has 0 bridgehead atoms. The number of aromatic nitrogens is 1. The van der Waals surface area contributed by atoms with Crippen molar-refractivity contribution in [3.8, 4) is 0 Å². The van der Waals surface area contributed by atoms with E-state index in [4.69, 9.17) is 5.11 Å². The molecule has 0 spiro atoms. The molecule has 1 aliphatic carbocycles. The minimum absolute atomic E-state index is 0.156. The van der Waals surface area contributed by atoms with Gasteiger partial charge in [0.05, 0.1) is 12.1 Å². The second kappa shape index (κ2) is 6.18. The lowest BCUT2D eigenvalue weighted by Crippen LogP contribution is -2.26. The van der Waals surface area contributed by atoms with Gasteiger partial charge in [-0.2, -0.15) is 0 Å². The maximum Gasteiger partial charge on any atom is 0.303 e. The van der Waals surface area contributed by atoms with Crippen molar-refractivity contribution in [3.05, 3.63) is 11.1 Å². The Morgan fingerprint density at radius 1 is 1.61 bits per heavy atom. The maximum absolute atomic E-state index is 10.5. The number of carboxylic acid groups (broad SMARTS) is 1. The zero-order chi connectivity index (χ0) is 13.0. The van der Waals surface area contributed by atoms with E-state index in [2.05, 4.69) is 17.2 Å². The molecular formula is C13H20N2O2S. The summed E-state index contributed by atoms with van der Waals surface area (Å²) >= 11 is 1.58.